The Balaban J connectivity index is 1.36. The number of benzene rings is 3. The van der Waals surface area contributed by atoms with Crippen LogP contribution in [0, 0.1) is 0 Å². The third kappa shape index (κ3) is 4.94. The highest BCUT2D eigenvalue weighted by Crippen LogP contribution is 2.23. The molecule has 0 N–H and O–H groups in total. The zero-order valence-corrected chi connectivity index (χ0v) is 22.5. The fourth-order valence-electron chi connectivity index (χ4n) is 4.75. The van der Waals surface area contributed by atoms with Crippen LogP contribution >= 0.6 is 0 Å². The highest BCUT2D eigenvalue weighted by molar-refractivity contribution is 6.52. The predicted molar refractivity (Wildman–Crippen MR) is 157 cm³/mol. The van der Waals surface area contributed by atoms with Gasteiger partial charge >= 0.3 is 12.8 Å². The summed E-state index contributed by atoms with van der Waals surface area (Å²) in [5, 5.41) is 14.9. The van der Waals surface area contributed by atoms with Crippen molar-refractivity contribution in [3.8, 4) is 39.8 Å². The van der Waals surface area contributed by atoms with Crippen LogP contribution in [0.5, 0.6) is 17.2 Å². The smallest absolute Gasteiger partial charge is 0.374 e. The van der Waals surface area contributed by atoms with Crippen molar-refractivity contribution in [2.24, 2.45) is 0 Å². The van der Waals surface area contributed by atoms with Gasteiger partial charge in [-0.15, -0.1) is 0 Å². The molecule has 6 rings (SSSR count). The van der Waals surface area contributed by atoms with Gasteiger partial charge in [0.1, 0.15) is 22.3 Å². The molecular formula is C30H28BN6O3. The normalized spacial score (nSPS) is 12.6. The monoisotopic (exact) mass is 531 g/mol. The second-order valence-electron chi connectivity index (χ2n) is 9.33. The van der Waals surface area contributed by atoms with Crippen LogP contribution in [0.1, 0.15) is 5.56 Å². The first kappa shape index (κ1) is 25.1. The first-order chi connectivity index (χ1) is 19.6. The van der Waals surface area contributed by atoms with Gasteiger partial charge in [0.2, 0.25) is 0 Å². The van der Waals surface area contributed by atoms with Crippen LogP contribution < -0.4 is 19.3 Å². The zero-order valence-electron chi connectivity index (χ0n) is 22.5. The van der Waals surface area contributed by atoms with Crippen LogP contribution in [0.15, 0.2) is 110 Å². The van der Waals surface area contributed by atoms with Gasteiger partial charge in [0.25, 0.3) is 0 Å². The predicted octanol–water partition coefficient (Wildman–Crippen LogP) is 4.12. The highest BCUT2D eigenvalue weighted by atomic mass is 16.5. The molecule has 3 heterocycles. The molecule has 1 aliphatic heterocycles. The molecule has 0 bridgehead atoms. The van der Waals surface area contributed by atoms with Crippen molar-refractivity contribution in [1.82, 2.24) is 29.4 Å². The van der Waals surface area contributed by atoms with E-state index in [1.807, 2.05) is 124 Å². The van der Waals surface area contributed by atoms with E-state index in [2.05, 4.69) is 0 Å². The summed E-state index contributed by atoms with van der Waals surface area (Å²) in [6.45, 7) is 0. The number of rotatable bonds is 9. The van der Waals surface area contributed by atoms with E-state index in [0.29, 0.717) is 0 Å². The topological polar surface area (TPSA) is 80.7 Å². The van der Waals surface area contributed by atoms with Gasteiger partial charge in [0, 0.05) is 23.4 Å². The second kappa shape index (κ2) is 10.9. The van der Waals surface area contributed by atoms with Crippen molar-refractivity contribution >= 4 is 12.8 Å². The Bertz CT molecular complexity index is 1570. The van der Waals surface area contributed by atoms with Crippen LogP contribution in [0.3, 0.4) is 0 Å². The number of ether oxygens (including phenoxy) is 3. The quantitative estimate of drug-likeness (QED) is 0.266. The first-order valence-corrected chi connectivity index (χ1v) is 12.9. The summed E-state index contributed by atoms with van der Waals surface area (Å²) in [4.78, 5) is 1.94. The number of hydrazone groups is 1. The molecule has 0 unspecified atom stereocenters. The molecule has 0 saturated carbocycles. The van der Waals surface area contributed by atoms with Gasteiger partial charge < -0.3 is 23.4 Å². The molecule has 0 saturated heterocycles. The minimum absolute atomic E-state index is 0.803. The van der Waals surface area contributed by atoms with E-state index in [1.165, 1.54) is 0 Å². The van der Waals surface area contributed by atoms with Gasteiger partial charge in [-0.2, -0.15) is 0 Å². The standard InChI is InChI=1S/C30H28BN6O3/c1-38-25-10-4-22(5-11-25)28-16-19-35(32-28)31(36-20-17-29(33-36)23-6-12-26(39-2)13-7-23)37-21-18-30(34-37)24-8-14-27(40-3)15-9-24/h4-21,31H,1-3H3. The van der Waals surface area contributed by atoms with Crippen molar-refractivity contribution in [3.63, 3.8) is 0 Å². The van der Waals surface area contributed by atoms with Gasteiger partial charge in [-0.05, 0) is 97.3 Å². The molecule has 0 fully saturated rings. The molecule has 0 atom stereocenters. The fourth-order valence-corrected chi connectivity index (χ4v) is 4.75. The summed E-state index contributed by atoms with van der Waals surface area (Å²) in [5.74, 6) is 2.41. The lowest BCUT2D eigenvalue weighted by Gasteiger charge is -2.26. The number of hydrogen-bond donors (Lipinski definition) is 0. The van der Waals surface area contributed by atoms with E-state index in [-0.39, 0.29) is 0 Å². The summed E-state index contributed by atoms with van der Waals surface area (Å²) >= 11 is 0. The van der Waals surface area contributed by atoms with E-state index in [4.69, 9.17) is 29.5 Å². The van der Waals surface area contributed by atoms with Crippen molar-refractivity contribution < 1.29 is 14.2 Å². The van der Waals surface area contributed by atoms with Gasteiger partial charge in [0.05, 0.1) is 38.3 Å². The third-order valence-corrected chi connectivity index (χ3v) is 6.95. The van der Waals surface area contributed by atoms with E-state index in [1.54, 1.807) is 21.3 Å². The Hall–Kier alpha value is -5.25. The van der Waals surface area contributed by atoms with Gasteiger partial charge in [-0.3, -0.25) is 0 Å². The van der Waals surface area contributed by atoms with Gasteiger partial charge in [0.15, 0.2) is 0 Å². The molecule has 0 amide bonds. The molecule has 0 aliphatic carbocycles. The van der Waals surface area contributed by atoms with Crippen LogP contribution in [0.2, 0.25) is 0 Å². The lowest BCUT2D eigenvalue weighted by atomic mass is 9.94. The molecule has 1 aliphatic rings. The molecule has 2 aromatic heterocycles. The molecule has 10 heteroatoms. The van der Waals surface area contributed by atoms with Crippen LogP contribution in [-0.4, -0.2) is 58.5 Å². The average molecular weight is 531 g/mol. The summed E-state index contributed by atoms with van der Waals surface area (Å²) in [6.07, 6.45) is 7.93. The van der Waals surface area contributed by atoms with Crippen LogP contribution in [0.4, 0.5) is 0 Å². The minimum Gasteiger partial charge on any atom is -0.497 e. The minimum atomic E-state index is -1.59. The maximum atomic E-state index is 5.31. The lowest BCUT2D eigenvalue weighted by molar-refractivity contribution is 0.414. The molecule has 199 valence electrons. The Kier molecular flexibility index (Phi) is 6.80. The van der Waals surface area contributed by atoms with Crippen molar-refractivity contribution in [3.05, 3.63) is 115 Å². The molecule has 9 nitrogen and oxygen atoms in total. The van der Waals surface area contributed by atoms with Crippen LogP contribution in [-0.2, 0) is 0 Å². The number of allylic oxidation sites excluding steroid dienone is 1. The zero-order chi connectivity index (χ0) is 27.5. The maximum absolute atomic E-state index is 5.31. The van der Waals surface area contributed by atoms with Crippen molar-refractivity contribution in [2.75, 3.05) is 21.3 Å². The van der Waals surface area contributed by atoms with E-state index < -0.39 is 7.12 Å². The third-order valence-electron chi connectivity index (χ3n) is 6.95. The molecule has 0 spiro atoms. The van der Waals surface area contributed by atoms with E-state index in [9.17, 15) is 0 Å². The average Bonchev–Trinajstić information content (AvgIpc) is 3.80. The van der Waals surface area contributed by atoms with Crippen molar-refractivity contribution in [2.45, 2.75) is 0 Å². The SMILES string of the molecule is COc1ccc(C2=[N+]N([BH-](n3ccc(-c4ccc(OC)cc4)n3)n3ccc(-c4ccc(OC)cc4)n3)C=C2)cc1. The number of hydrogen-bond acceptors (Lipinski definition) is 7. The van der Waals surface area contributed by atoms with Crippen molar-refractivity contribution in [1.29, 1.82) is 0 Å². The molecule has 3 aromatic carbocycles. The lowest BCUT2D eigenvalue weighted by Crippen LogP contribution is -2.49. The number of aromatic nitrogens is 4. The maximum Gasteiger partial charge on any atom is 0.374 e. The largest absolute Gasteiger partial charge is 0.497 e. The van der Waals surface area contributed by atoms with Gasteiger partial charge in [-0.1, -0.05) is 0 Å². The van der Waals surface area contributed by atoms with E-state index in [0.717, 1.165) is 51.0 Å². The second-order valence-corrected chi connectivity index (χ2v) is 9.33. The Morgan fingerprint density at radius 2 is 1.00 bits per heavy atom. The summed E-state index contributed by atoms with van der Waals surface area (Å²) in [7, 11) is 3.39. The molecular weight excluding hydrogens is 503 g/mol. The van der Waals surface area contributed by atoms with E-state index >= 15 is 0 Å². The summed E-state index contributed by atoms with van der Waals surface area (Å²) in [6, 6.07) is 27.6. The molecule has 40 heavy (non-hydrogen) atoms. The Morgan fingerprint density at radius 1 is 0.575 bits per heavy atom. The van der Waals surface area contributed by atoms with Crippen LogP contribution in [0.25, 0.3) is 22.5 Å². The first-order valence-electron chi connectivity index (χ1n) is 12.9. The Labute approximate surface area is 232 Å². The number of nitrogens with zero attached hydrogens (tertiary/aromatic N) is 6. The molecule has 1 radical (unpaired) electrons. The summed E-state index contributed by atoms with van der Waals surface area (Å²) < 4.78 is 19.8. The number of methoxy groups -OCH3 is 3. The molecule has 5 aromatic rings. The fraction of sp³-hybridized carbons (Fsp3) is 0.100. The highest BCUT2D eigenvalue weighted by Gasteiger charge is 2.30. The van der Waals surface area contributed by atoms with Gasteiger partial charge in [-0.25, -0.2) is 15.1 Å². The summed E-state index contributed by atoms with van der Waals surface area (Å²) in [5.41, 5.74) is 5.55. The Morgan fingerprint density at radius 3 is 1.43 bits per heavy atom.